The van der Waals surface area contributed by atoms with Gasteiger partial charge in [-0.3, -0.25) is 0 Å². The number of benzene rings is 3. The van der Waals surface area contributed by atoms with Crippen LogP contribution in [-0.4, -0.2) is 38.8 Å². The number of rotatable bonds is 8. The van der Waals surface area contributed by atoms with E-state index in [0.29, 0.717) is 35.1 Å². The number of aromatic nitrogens is 3. The smallest absolute Gasteiger partial charge is 0.335 e. The van der Waals surface area contributed by atoms with E-state index in [-0.39, 0.29) is 52.7 Å². The van der Waals surface area contributed by atoms with E-state index in [4.69, 9.17) is 26.1 Å². The molecule has 3 aromatic carbocycles. The first-order valence-corrected chi connectivity index (χ1v) is 14.5. The Hall–Kier alpha value is -4.34. The Kier molecular flexibility index (Phi) is 7.86. The van der Waals surface area contributed by atoms with Crippen LogP contribution in [0.25, 0.3) is 22.3 Å². The molecule has 1 N–H and O–H groups in total. The third-order valence-corrected chi connectivity index (χ3v) is 8.49. The first-order valence-electron chi connectivity index (χ1n) is 14.2. The highest BCUT2D eigenvalue weighted by Crippen LogP contribution is 2.40. The molecule has 1 atom stereocenters. The van der Waals surface area contributed by atoms with Gasteiger partial charge >= 0.3 is 5.97 Å². The number of aromatic carboxylic acids is 1. The molecular weight excluding hydrogens is 588 g/mol. The lowest BCUT2D eigenvalue weighted by atomic mass is 9.87. The summed E-state index contributed by atoms with van der Waals surface area (Å²) in [5, 5.41) is 10.2. The molecule has 1 fully saturated rings. The Labute approximate surface area is 258 Å². The fraction of sp³-hybridized carbons (Fsp3) is 0.265. The van der Waals surface area contributed by atoms with Crippen molar-refractivity contribution in [2.24, 2.45) is 5.41 Å². The molecule has 1 aliphatic heterocycles. The Morgan fingerprint density at radius 3 is 2.64 bits per heavy atom. The van der Waals surface area contributed by atoms with Gasteiger partial charge in [0.15, 0.2) is 0 Å². The van der Waals surface area contributed by atoms with Crippen molar-refractivity contribution in [1.29, 1.82) is 0 Å². The molecule has 0 bridgehead atoms. The number of carboxylic acid groups (broad SMARTS) is 1. The van der Waals surface area contributed by atoms with Crippen molar-refractivity contribution in [2.75, 3.05) is 13.2 Å². The largest absolute Gasteiger partial charge is 0.478 e. The molecule has 0 spiro atoms. The maximum atomic E-state index is 15.7. The molecule has 7 nitrogen and oxygen atoms in total. The van der Waals surface area contributed by atoms with Crippen molar-refractivity contribution in [3.05, 3.63) is 111 Å². The average molecular weight is 618 g/mol. The van der Waals surface area contributed by atoms with Crippen molar-refractivity contribution < 1.29 is 28.2 Å². The summed E-state index contributed by atoms with van der Waals surface area (Å²) in [5.41, 5.74) is 3.15. The highest BCUT2D eigenvalue weighted by atomic mass is 35.5. The van der Waals surface area contributed by atoms with Crippen LogP contribution in [0.3, 0.4) is 0 Å². The normalized spacial score (nSPS) is 16.0. The predicted octanol–water partition coefficient (Wildman–Crippen LogP) is 7.80. The Morgan fingerprint density at radius 1 is 1.09 bits per heavy atom. The number of hydrogen-bond acceptors (Lipinski definition) is 5. The van der Waals surface area contributed by atoms with Gasteiger partial charge in [-0.25, -0.2) is 23.5 Å². The van der Waals surface area contributed by atoms with E-state index in [1.807, 2.05) is 29.7 Å². The maximum absolute atomic E-state index is 15.7. The summed E-state index contributed by atoms with van der Waals surface area (Å²) in [5.74, 6) is -1.57. The van der Waals surface area contributed by atoms with E-state index >= 15 is 8.78 Å². The topological polar surface area (TPSA) is 86.5 Å². The van der Waals surface area contributed by atoms with Gasteiger partial charge in [-0.05, 0) is 66.1 Å². The molecular formula is C34H30ClF2N3O4. The molecule has 0 radical (unpaired) electrons. The van der Waals surface area contributed by atoms with E-state index in [1.165, 1.54) is 6.07 Å². The number of aryl methyl sites for hydroxylation is 1. The molecule has 0 saturated carbocycles. The second kappa shape index (κ2) is 11.6. The zero-order valence-corrected chi connectivity index (χ0v) is 25.2. The van der Waals surface area contributed by atoms with Crippen LogP contribution in [0.1, 0.15) is 52.8 Å². The third-order valence-electron chi connectivity index (χ3n) is 8.08. The Balaban J connectivity index is 1.31. The number of fused-ring (bicyclic) bond motifs is 1. The zero-order chi connectivity index (χ0) is 31.2. The van der Waals surface area contributed by atoms with Crippen LogP contribution in [0.15, 0.2) is 66.7 Å². The highest BCUT2D eigenvalue weighted by molar-refractivity contribution is 6.31. The lowest BCUT2D eigenvalue weighted by Gasteiger charge is -2.28. The number of carbonyl (C=O) groups is 1. The Bertz CT molecular complexity index is 1910. The van der Waals surface area contributed by atoms with E-state index in [1.54, 1.807) is 30.3 Å². The van der Waals surface area contributed by atoms with E-state index in [0.717, 1.165) is 23.3 Å². The molecule has 0 unspecified atom stereocenters. The summed E-state index contributed by atoms with van der Waals surface area (Å²) in [7, 11) is 0. The average Bonchev–Trinajstić information content (AvgIpc) is 3.52. The lowest BCUT2D eigenvalue weighted by Crippen LogP contribution is -2.27. The molecule has 1 aliphatic rings. The number of pyridine rings is 1. The fourth-order valence-corrected chi connectivity index (χ4v) is 5.75. The van der Waals surface area contributed by atoms with E-state index in [2.05, 4.69) is 18.8 Å². The van der Waals surface area contributed by atoms with Crippen LogP contribution in [0.4, 0.5) is 8.78 Å². The second-order valence-electron chi connectivity index (χ2n) is 11.8. The van der Waals surface area contributed by atoms with Gasteiger partial charge in [-0.2, -0.15) is 0 Å². The number of nitrogens with zero attached hydrogens (tertiary/aromatic N) is 3. The monoisotopic (exact) mass is 617 g/mol. The molecule has 1 saturated heterocycles. The third kappa shape index (κ3) is 5.77. The standard InChI is InChI=1S/C34H30ClF2N3O4/c1-19-7-8-20(11-24(19)35)16-44-32-6-4-5-27(39-32)23-15-25(36)22(12-26(23)37)14-31-38-28-10-9-21(33(41)42)13-29(28)40(31)30-17-43-18-34(30,2)3/h4-13,15,30H,14,16-18H2,1-3H3,(H,41,42)/t30-/m1/s1. The number of ether oxygens (including phenoxy) is 2. The molecule has 3 heterocycles. The minimum atomic E-state index is -1.06. The van der Waals surface area contributed by atoms with E-state index < -0.39 is 17.6 Å². The Morgan fingerprint density at radius 2 is 1.91 bits per heavy atom. The van der Waals surface area contributed by atoms with Crippen molar-refractivity contribution in [1.82, 2.24) is 14.5 Å². The van der Waals surface area contributed by atoms with Crippen molar-refractivity contribution >= 4 is 28.6 Å². The lowest BCUT2D eigenvalue weighted by molar-refractivity contribution is 0.0697. The van der Waals surface area contributed by atoms with Gasteiger partial charge in [0.25, 0.3) is 0 Å². The summed E-state index contributed by atoms with van der Waals surface area (Å²) in [6, 6.07) is 17.3. The summed E-state index contributed by atoms with van der Waals surface area (Å²) in [6.07, 6.45) is -0.0115. The quantitative estimate of drug-likeness (QED) is 0.191. The van der Waals surface area contributed by atoms with Gasteiger partial charge in [0, 0.05) is 28.5 Å². The van der Waals surface area contributed by atoms with Gasteiger partial charge in [-0.1, -0.05) is 43.6 Å². The van der Waals surface area contributed by atoms with Crippen molar-refractivity contribution in [3.8, 4) is 17.1 Å². The molecule has 10 heteroatoms. The minimum absolute atomic E-state index is 0.00000884. The van der Waals surface area contributed by atoms with Crippen molar-refractivity contribution in [2.45, 2.75) is 39.8 Å². The van der Waals surface area contributed by atoms with Crippen LogP contribution in [0.2, 0.25) is 5.02 Å². The predicted molar refractivity (Wildman–Crippen MR) is 163 cm³/mol. The fourth-order valence-electron chi connectivity index (χ4n) is 5.55. The molecule has 0 aliphatic carbocycles. The number of imidazole rings is 1. The van der Waals surface area contributed by atoms with E-state index in [9.17, 15) is 9.90 Å². The highest BCUT2D eigenvalue weighted by Gasteiger charge is 2.39. The number of hydrogen-bond donors (Lipinski definition) is 1. The number of carboxylic acids is 1. The van der Waals surface area contributed by atoms with Crippen LogP contribution in [0, 0.1) is 24.0 Å². The molecule has 0 amide bonds. The zero-order valence-electron chi connectivity index (χ0n) is 24.4. The summed E-state index contributed by atoms with van der Waals surface area (Å²) in [4.78, 5) is 20.8. The van der Waals surface area contributed by atoms with Crippen LogP contribution < -0.4 is 4.74 Å². The minimum Gasteiger partial charge on any atom is -0.478 e. The first kappa shape index (κ1) is 29.7. The first-order chi connectivity index (χ1) is 21.0. The van der Waals surface area contributed by atoms with Crippen LogP contribution in [0.5, 0.6) is 5.88 Å². The van der Waals surface area contributed by atoms with Gasteiger partial charge < -0.3 is 19.1 Å². The molecule has 5 aromatic rings. The number of halogens is 3. The van der Waals surface area contributed by atoms with Gasteiger partial charge in [0.2, 0.25) is 5.88 Å². The maximum Gasteiger partial charge on any atom is 0.335 e. The molecule has 44 heavy (non-hydrogen) atoms. The summed E-state index contributed by atoms with van der Waals surface area (Å²) < 4.78 is 44.7. The van der Waals surface area contributed by atoms with Gasteiger partial charge in [-0.15, -0.1) is 0 Å². The SMILES string of the molecule is Cc1ccc(COc2cccc(-c3cc(F)c(Cc4nc5ccc(C(=O)O)cc5n4[C@@H]4COCC4(C)C)cc3F)n2)cc1Cl. The van der Waals surface area contributed by atoms with Crippen LogP contribution in [-0.2, 0) is 17.8 Å². The molecule has 226 valence electrons. The molecule has 2 aromatic heterocycles. The van der Waals surface area contributed by atoms with Gasteiger partial charge in [0.05, 0.1) is 41.5 Å². The second-order valence-corrected chi connectivity index (χ2v) is 12.2. The van der Waals surface area contributed by atoms with Gasteiger partial charge in [0.1, 0.15) is 24.1 Å². The molecule has 6 rings (SSSR count). The summed E-state index contributed by atoms with van der Waals surface area (Å²) in [6.45, 7) is 7.12. The van der Waals surface area contributed by atoms with Crippen molar-refractivity contribution in [3.63, 3.8) is 0 Å². The van der Waals surface area contributed by atoms with Crippen LogP contribution >= 0.6 is 11.6 Å². The summed E-state index contributed by atoms with van der Waals surface area (Å²) >= 11 is 6.21.